The molecule has 258 valence electrons. The molecule has 0 spiro atoms. The van der Waals surface area contributed by atoms with Gasteiger partial charge in [0.15, 0.2) is 15.6 Å². The molecule has 9 nitrogen and oxygen atoms in total. The van der Waals surface area contributed by atoms with E-state index in [0.29, 0.717) is 19.8 Å². The Kier molecular flexibility index (Phi) is 12.9. The van der Waals surface area contributed by atoms with E-state index >= 15 is 0 Å². The minimum atomic E-state index is -4.01. The van der Waals surface area contributed by atoms with Crippen LogP contribution < -0.4 is 9.47 Å². The van der Waals surface area contributed by atoms with Gasteiger partial charge in [0.25, 0.3) is 0 Å². The maximum Gasteiger partial charge on any atom is 0.184 e. The monoisotopic (exact) mass is 670 g/mol. The van der Waals surface area contributed by atoms with Crippen molar-refractivity contribution in [3.05, 3.63) is 90.0 Å². The Bertz CT molecular complexity index is 1480. The minimum Gasteiger partial charge on any atom is -0.497 e. The number of hydrogen-bond acceptors (Lipinski definition) is 9. The molecule has 0 aromatic heterocycles. The van der Waals surface area contributed by atoms with Gasteiger partial charge in [-0.1, -0.05) is 63.2 Å². The van der Waals surface area contributed by atoms with E-state index in [2.05, 4.69) is 0 Å². The van der Waals surface area contributed by atoms with Gasteiger partial charge in [0.2, 0.25) is 0 Å². The second-order valence-electron chi connectivity index (χ2n) is 12.9. The van der Waals surface area contributed by atoms with Crippen molar-refractivity contribution < 1.29 is 41.9 Å². The maximum atomic E-state index is 14.3. The third-order valence-corrected chi connectivity index (χ3v) is 11.1. The van der Waals surface area contributed by atoms with Crippen LogP contribution in [0.5, 0.6) is 11.5 Å². The predicted molar refractivity (Wildman–Crippen MR) is 180 cm³/mol. The Morgan fingerprint density at radius 3 is 1.74 bits per heavy atom. The first kappa shape index (κ1) is 36.8. The van der Waals surface area contributed by atoms with Crippen molar-refractivity contribution in [3.63, 3.8) is 0 Å². The van der Waals surface area contributed by atoms with Crippen molar-refractivity contribution in [3.8, 4) is 11.5 Å². The predicted octanol–water partition coefficient (Wildman–Crippen LogP) is 6.07. The van der Waals surface area contributed by atoms with Crippen LogP contribution in [0.15, 0.2) is 83.8 Å². The normalized spacial score (nSPS) is 21.0. The third-order valence-electron chi connectivity index (χ3n) is 8.73. The highest BCUT2D eigenvalue weighted by Gasteiger charge is 2.52. The van der Waals surface area contributed by atoms with E-state index in [0.717, 1.165) is 22.6 Å². The molecule has 10 heteroatoms. The fraction of sp³-hybridized carbons (Fsp3) is 0.514. The van der Waals surface area contributed by atoms with Crippen molar-refractivity contribution in [2.24, 2.45) is 17.8 Å². The standard InChI is InChI=1S/C37H50O9S/c1-25(21-43-23-28-13-17-30(41-6)18-14-28)33(38)36(47(39,40)32-11-9-8-10-12-32)27(3)35-34(45-37(4,5)46-35)26(2)22-44-24-29-15-19-31(42-7)20-16-29/h8-20,25-27,33-36,38H,21-24H2,1-7H3/t25-,26+,27-,33?,34+,35+,36?/m1/s1. The number of sulfone groups is 1. The summed E-state index contributed by atoms with van der Waals surface area (Å²) in [7, 11) is -0.770. The summed E-state index contributed by atoms with van der Waals surface area (Å²) in [5.74, 6) is -0.707. The van der Waals surface area contributed by atoms with E-state index < -0.39 is 51.0 Å². The van der Waals surface area contributed by atoms with Crippen LogP contribution in [-0.2, 0) is 42.0 Å². The fourth-order valence-corrected chi connectivity index (χ4v) is 8.29. The molecule has 1 saturated heterocycles. The molecule has 1 aliphatic rings. The summed E-state index contributed by atoms with van der Waals surface area (Å²) in [6, 6.07) is 23.5. The van der Waals surface area contributed by atoms with E-state index in [4.69, 9.17) is 28.4 Å². The second-order valence-corrected chi connectivity index (χ2v) is 15.0. The topological polar surface area (TPSA) is 110 Å². The molecule has 47 heavy (non-hydrogen) atoms. The molecule has 2 unspecified atom stereocenters. The number of methoxy groups -OCH3 is 2. The summed E-state index contributed by atoms with van der Waals surface area (Å²) in [5, 5.41) is 10.6. The van der Waals surface area contributed by atoms with Gasteiger partial charge < -0.3 is 33.5 Å². The molecule has 1 fully saturated rings. The van der Waals surface area contributed by atoms with Crippen LogP contribution in [0.3, 0.4) is 0 Å². The molecule has 0 aliphatic carbocycles. The van der Waals surface area contributed by atoms with Crippen molar-refractivity contribution >= 4 is 9.84 Å². The Morgan fingerprint density at radius 1 is 0.745 bits per heavy atom. The maximum absolute atomic E-state index is 14.3. The molecule has 1 aliphatic heterocycles. The van der Waals surface area contributed by atoms with Crippen molar-refractivity contribution in [2.75, 3.05) is 27.4 Å². The lowest BCUT2D eigenvalue weighted by Crippen LogP contribution is -2.50. The fourth-order valence-electron chi connectivity index (χ4n) is 6.08. The van der Waals surface area contributed by atoms with Crippen LogP contribution in [0, 0.1) is 17.8 Å². The van der Waals surface area contributed by atoms with Gasteiger partial charge in [-0.25, -0.2) is 8.42 Å². The van der Waals surface area contributed by atoms with Crippen LogP contribution in [-0.4, -0.2) is 70.3 Å². The van der Waals surface area contributed by atoms with Gasteiger partial charge >= 0.3 is 0 Å². The first-order chi connectivity index (χ1) is 22.4. The largest absolute Gasteiger partial charge is 0.497 e. The van der Waals surface area contributed by atoms with E-state index in [1.165, 1.54) is 0 Å². The first-order valence-electron chi connectivity index (χ1n) is 16.1. The van der Waals surface area contributed by atoms with Gasteiger partial charge in [-0.05, 0) is 61.4 Å². The summed E-state index contributed by atoms with van der Waals surface area (Å²) in [5.41, 5.74) is 1.95. The summed E-state index contributed by atoms with van der Waals surface area (Å²) in [4.78, 5) is 0.146. The highest BCUT2D eigenvalue weighted by molar-refractivity contribution is 7.92. The molecule has 7 atom stereocenters. The molecule has 0 bridgehead atoms. The molecular weight excluding hydrogens is 620 g/mol. The highest BCUT2D eigenvalue weighted by Crippen LogP contribution is 2.40. The quantitative estimate of drug-likeness (QED) is 0.183. The number of hydrogen-bond donors (Lipinski definition) is 1. The minimum absolute atomic E-state index is 0.134. The Hall–Kier alpha value is -2.99. The molecule has 3 aromatic rings. The molecule has 1 N–H and O–H groups in total. The lowest BCUT2D eigenvalue weighted by atomic mass is 9.86. The summed E-state index contributed by atoms with van der Waals surface area (Å²) >= 11 is 0. The number of rotatable bonds is 17. The number of ether oxygens (including phenoxy) is 6. The van der Waals surface area contributed by atoms with E-state index in [-0.39, 0.29) is 17.4 Å². The molecule has 4 rings (SSSR count). The zero-order valence-corrected chi connectivity index (χ0v) is 29.3. The average Bonchev–Trinajstić information content (AvgIpc) is 3.41. The van der Waals surface area contributed by atoms with E-state index in [1.807, 2.05) is 83.1 Å². The Labute approximate surface area is 280 Å². The van der Waals surface area contributed by atoms with Gasteiger partial charge in [-0.15, -0.1) is 0 Å². The molecule has 1 heterocycles. The van der Waals surface area contributed by atoms with Crippen molar-refractivity contribution in [1.29, 1.82) is 0 Å². The summed E-state index contributed by atoms with van der Waals surface area (Å²) in [6.07, 6.45) is -2.35. The van der Waals surface area contributed by atoms with Gasteiger partial charge in [0.05, 0.1) is 69.1 Å². The Balaban J connectivity index is 1.51. The average molecular weight is 671 g/mol. The smallest absolute Gasteiger partial charge is 0.184 e. The van der Waals surface area contributed by atoms with Crippen LogP contribution >= 0.6 is 0 Å². The van der Waals surface area contributed by atoms with Crippen LogP contribution in [0.2, 0.25) is 0 Å². The van der Waals surface area contributed by atoms with E-state index in [1.54, 1.807) is 44.6 Å². The molecule has 0 saturated carbocycles. The number of aliphatic hydroxyl groups is 1. The zero-order chi connectivity index (χ0) is 34.2. The highest BCUT2D eigenvalue weighted by atomic mass is 32.2. The number of aliphatic hydroxyl groups excluding tert-OH is 1. The molecule has 0 radical (unpaired) electrons. The SMILES string of the molecule is COc1ccc(COC[C@@H](C)C(O)C([C@H](C)[C@@H]2OC(C)(C)O[C@H]2[C@@H](C)COCc2ccc(OC)cc2)S(=O)(=O)c2ccccc2)cc1. The van der Waals surface area contributed by atoms with Gasteiger partial charge in [0.1, 0.15) is 11.5 Å². The summed E-state index contributed by atoms with van der Waals surface area (Å²) < 4.78 is 63.9. The van der Waals surface area contributed by atoms with Gasteiger partial charge in [-0.2, -0.15) is 0 Å². The van der Waals surface area contributed by atoms with Crippen molar-refractivity contribution in [2.45, 2.75) is 82.1 Å². The van der Waals surface area contributed by atoms with Crippen LogP contribution in [0.1, 0.15) is 45.7 Å². The summed E-state index contributed by atoms with van der Waals surface area (Å²) in [6.45, 7) is 10.5. The van der Waals surface area contributed by atoms with Crippen LogP contribution in [0.25, 0.3) is 0 Å². The van der Waals surface area contributed by atoms with Gasteiger partial charge in [-0.3, -0.25) is 0 Å². The molecule has 0 amide bonds. The Morgan fingerprint density at radius 2 is 1.23 bits per heavy atom. The van der Waals surface area contributed by atoms with Crippen LogP contribution in [0.4, 0.5) is 0 Å². The molecular formula is C37H50O9S. The zero-order valence-electron chi connectivity index (χ0n) is 28.5. The first-order valence-corrected chi connectivity index (χ1v) is 17.6. The second kappa shape index (κ2) is 16.4. The lowest BCUT2D eigenvalue weighted by Gasteiger charge is -2.36. The number of benzene rings is 3. The lowest BCUT2D eigenvalue weighted by molar-refractivity contribution is -0.155. The molecule has 3 aromatic carbocycles. The van der Waals surface area contributed by atoms with E-state index in [9.17, 15) is 13.5 Å². The third kappa shape index (κ3) is 9.55. The van der Waals surface area contributed by atoms with Crippen molar-refractivity contribution in [1.82, 2.24) is 0 Å². The van der Waals surface area contributed by atoms with Gasteiger partial charge in [0, 0.05) is 17.8 Å².